The molecule has 1 aromatic carbocycles. The van der Waals surface area contributed by atoms with E-state index in [2.05, 4.69) is 15.0 Å². The van der Waals surface area contributed by atoms with Crippen molar-refractivity contribution in [3.05, 3.63) is 35.3 Å². The topological polar surface area (TPSA) is 51.2 Å². The molecule has 18 heavy (non-hydrogen) atoms. The van der Waals surface area contributed by atoms with Gasteiger partial charge in [0.2, 0.25) is 0 Å². The van der Waals surface area contributed by atoms with Gasteiger partial charge in [-0.15, -0.1) is 0 Å². The highest BCUT2D eigenvalue weighted by molar-refractivity contribution is 6.05. The zero-order chi connectivity index (χ0) is 13.3. The number of fused-ring (bicyclic) bond motifs is 1. The second kappa shape index (κ2) is 4.60. The minimum absolute atomic E-state index is 0.219. The second-order valence-electron chi connectivity index (χ2n) is 3.88. The highest BCUT2D eigenvalue weighted by Gasteiger charge is 2.18. The Morgan fingerprint density at radius 1 is 1.44 bits per heavy atom. The maximum atomic E-state index is 13.9. The van der Waals surface area contributed by atoms with Crippen molar-refractivity contribution >= 4 is 22.6 Å². The molecule has 0 aliphatic rings. The maximum absolute atomic E-state index is 13.9. The predicted octanol–water partition coefficient (Wildman–Crippen LogP) is 2.51. The molecule has 0 bridgehead atoms. The highest BCUT2D eigenvalue weighted by Crippen LogP contribution is 2.30. The number of benzene rings is 1. The first-order valence-corrected chi connectivity index (χ1v) is 5.44. The predicted molar refractivity (Wildman–Crippen MR) is 67.3 cm³/mol. The van der Waals surface area contributed by atoms with E-state index in [4.69, 9.17) is 0 Å². The molecule has 0 aliphatic heterocycles. The molecule has 0 atom stereocenters. The zero-order valence-electron chi connectivity index (χ0n) is 10.4. The largest absolute Gasteiger partial charge is 0.465 e. The van der Waals surface area contributed by atoms with Crippen LogP contribution >= 0.6 is 0 Å². The summed E-state index contributed by atoms with van der Waals surface area (Å²) in [6.07, 6.45) is 1.40. The first kappa shape index (κ1) is 12.3. The summed E-state index contributed by atoms with van der Waals surface area (Å²) in [4.78, 5) is 15.7. The van der Waals surface area contributed by atoms with Crippen LogP contribution in [0, 0.1) is 12.7 Å². The molecule has 0 saturated heterocycles. The lowest BCUT2D eigenvalue weighted by Gasteiger charge is -2.12. The Balaban J connectivity index is 2.87. The van der Waals surface area contributed by atoms with Gasteiger partial charge in [-0.3, -0.25) is 4.98 Å². The molecule has 2 aromatic rings. The number of aryl methyl sites for hydroxylation is 1. The third kappa shape index (κ3) is 1.77. The normalized spacial score (nSPS) is 10.4. The van der Waals surface area contributed by atoms with E-state index in [1.807, 2.05) is 6.92 Å². The number of hydrogen-bond donors (Lipinski definition) is 1. The van der Waals surface area contributed by atoms with Gasteiger partial charge in [-0.2, -0.15) is 0 Å². The summed E-state index contributed by atoms with van der Waals surface area (Å²) in [5.41, 5.74) is 2.00. The summed E-state index contributed by atoms with van der Waals surface area (Å²) in [5, 5.41) is 3.15. The summed E-state index contributed by atoms with van der Waals surface area (Å²) in [7, 11) is 2.90. The highest BCUT2D eigenvalue weighted by atomic mass is 19.1. The molecule has 0 amide bonds. The molecular formula is C13H13FN2O2. The number of nitrogens with zero attached hydrogens (tertiary/aromatic N) is 1. The SMILES string of the molecule is CNc1c(C(=O)OC)cnc2c(C)ccc(F)c12. The van der Waals surface area contributed by atoms with Gasteiger partial charge in [-0.25, -0.2) is 9.18 Å². The fourth-order valence-electron chi connectivity index (χ4n) is 1.93. The van der Waals surface area contributed by atoms with E-state index in [0.29, 0.717) is 16.6 Å². The third-order valence-electron chi connectivity index (χ3n) is 2.83. The van der Waals surface area contributed by atoms with Crippen LogP contribution in [0.15, 0.2) is 18.3 Å². The van der Waals surface area contributed by atoms with E-state index >= 15 is 0 Å². The molecule has 0 radical (unpaired) electrons. The fraction of sp³-hybridized carbons (Fsp3) is 0.231. The van der Waals surface area contributed by atoms with Gasteiger partial charge in [0.15, 0.2) is 0 Å². The zero-order valence-corrected chi connectivity index (χ0v) is 10.4. The number of pyridine rings is 1. The van der Waals surface area contributed by atoms with Crippen LogP contribution in [0.1, 0.15) is 15.9 Å². The van der Waals surface area contributed by atoms with Crippen molar-refractivity contribution in [2.45, 2.75) is 6.92 Å². The molecule has 1 aromatic heterocycles. The Labute approximate surface area is 104 Å². The Morgan fingerprint density at radius 2 is 2.17 bits per heavy atom. The fourth-order valence-corrected chi connectivity index (χ4v) is 1.93. The summed E-state index contributed by atoms with van der Waals surface area (Å²) in [5.74, 6) is -0.965. The van der Waals surface area contributed by atoms with Crippen molar-refractivity contribution in [2.75, 3.05) is 19.5 Å². The van der Waals surface area contributed by atoms with E-state index < -0.39 is 11.8 Å². The molecular weight excluding hydrogens is 235 g/mol. The number of anilines is 1. The van der Waals surface area contributed by atoms with Crippen molar-refractivity contribution in [3.8, 4) is 0 Å². The number of ether oxygens (including phenoxy) is 1. The second-order valence-corrected chi connectivity index (χ2v) is 3.88. The van der Waals surface area contributed by atoms with Crippen LogP contribution in [0.4, 0.5) is 10.1 Å². The van der Waals surface area contributed by atoms with Gasteiger partial charge in [0.1, 0.15) is 11.4 Å². The minimum Gasteiger partial charge on any atom is -0.465 e. The number of esters is 1. The molecule has 0 saturated carbocycles. The number of hydrogen-bond acceptors (Lipinski definition) is 4. The average molecular weight is 248 g/mol. The monoisotopic (exact) mass is 248 g/mol. The lowest BCUT2D eigenvalue weighted by molar-refractivity contribution is 0.0601. The Morgan fingerprint density at radius 3 is 2.78 bits per heavy atom. The molecule has 0 fully saturated rings. The summed E-state index contributed by atoms with van der Waals surface area (Å²) < 4.78 is 18.6. The molecule has 0 aliphatic carbocycles. The van der Waals surface area contributed by atoms with Gasteiger partial charge >= 0.3 is 5.97 Å². The van der Waals surface area contributed by atoms with Crippen molar-refractivity contribution < 1.29 is 13.9 Å². The molecule has 94 valence electrons. The van der Waals surface area contributed by atoms with Gasteiger partial charge in [0.05, 0.1) is 23.7 Å². The van der Waals surface area contributed by atoms with E-state index in [0.717, 1.165) is 5.56 Å². The Hall–Kier alpha value is -2.17. The van der Waals surface area contributed by atoms with Crippen molar-refractivity contribution in [1.29, 1.82) is 0 Å². The maximum Gasteiger partial charge on any atom is 0.341 e. The average Bonchev–Trinajstić information content (AvgIpc) is 2.40. The van der Waals surface area contributed by atoms with Crippen LogP contribution in [0.2, 0.25) is 0 Å². The Kier molecular flexibility index (Phi) is 3.14. The summed E-state index contributed by atoms with van der Waals surface area (Å²) in [6, 6.07) is 3.02. The summed E-state index contributed by atoms with van der Waals surface area (Å²) in [6.45, 7) is 1.84. The van der Waals surface area contributed by atoms with E-state index in [-0.39, 0.29) is 5.56 Å². The number of methoxy groups -OCH3 is 1. The van der Waals surface area contributed by atoms with E-state index in [9.17, 15) is 9.18 Å². The van der Waals surface area contributed by atoms with Crippen molar-refractivity contribution in [3.63, 3.8) is 0 Å². The van der Waals surface area contributed by atoms with Gasteiger partial charge < -0.3 is 10.1 Å². The van der Waals surface area contributed by atoms with E-state index in [1.165, 1.54) is 19.4 Å². The van der Waals surface area contributed by atoms with Crippen LogP contribution in [0.25, 0.3) is 10.9 Å². The van der Waals surface area contributed by atoms with Crippen LogP contribution in [-0.2, 0) is 4.74 Å². The number of carbonyl (C=O) groups excluding carboxylic acids is 1. The first-order valence-electron chi connectivity index (χ1n) is 5.44. The number of aromatic nitrogens is 1. The lowest BCUT2D eigenvalue weighted by Crippen LogP contribution is -2.08. The minimum atomic E-state index is -0.547. The van der Waals surface area contributed by atoms with Gasteiger partial charge in [0.25, 0.3) is 0 Å². The summed E-state index contributed by atoms with van der Waals surface area (Å²) >= 11 is 0. The van der Waals surface area contributed by atoms with Crippen molar-refractivity contribution in [1.82, 2.24) is 4.98 Å². The number of nitrogens with one attached hydrogen (secondary N) is 1. The van der Waals surface area contributed by atoms with Crippen LogP contribution in [0.5, 0.6) is 0 Å². The Bertz CT molecular complexity index is 626. The number of halogens is 1. The lowest BCUT2D eigenvalue weighted by atomic mass is 10.1. The van der Waals surface area contributed by atoms with Crippen LogP contribution < -0.4 is 5.32 Å². The molecule has 1 heterocycles. The number of rotatable bonds is 2. The van der Waals surface area contributed by atoms with Gasteiger partial charge in [-0.1, -0.05) is 6.07 Å². The van der Waals surface area contributed by atoms with Crippen LogP contribution in [-0.4, -0.2) is 25.1 Å². The standard InChI is InChI=1S/C13H13FN2O2/c1-7-4-5-9(14)10-11(7)16-6-8(12(10)15-2)13(17)18-3/h4-6H,1-3H3,(H,15,16). The molecule has 4 nitrogen and oxygen atoms in total. The molecule has 1 N–H and O–H groups in total. The van der Waals surface area contributed by atoms with Crippen LogP contribution in [0.3, 0.4) is 0 Å². The third-order valence-corrected chi connectivity index (χ3v) is 2.83. The molecule has 5 heteroatoms. The number of carbonyl (C=O) groups is 1. The van der Waals surface area contributed by atoms with Gasteiger partial charge in [0, 0.05) is 13.2 Å². The molecule has 0 spiro atoms. The van der Waals surface area contributed by atoms with Gasteiger partial charge in [-0.05, 0) is 18.6 Å². The first-order chi connectivity index (χ1) is 8.60. The van der Waals surface area contributed by atoms with E-state index in [1.54, 1.807) is 13.1 Å². The quantitative estimate of drug-likeness (QED) is 0.830. The molecule has 2 rings (SSSR count). The molecule has 0 unspecified atom stereocenters. The smallest absolute Gasteiger partial charge is 0.341 e. The van der Waals surface area contributed by atoms with Crippen molar-refractivity contribution in [2.24, 2.45) is 0 Å².